The predicted octanol–water partition coefficient (Wildman–Crippen LogP) is 1.61. The molecule has 2 aromatic rings. The zero-order valence-electron chi connectivity index (χ0n) is 10.6. The van der Waals surface area contributed by atoms with Crippen molar-refractivity contribution in [3.8, 4) is 0 Å². The van der Waals surface area contributed by atoms with E-state index in [1.54, 1.807) is 6.20 Å². The molecule has 0 aliphatic heterocycles. The third-order valence-corrected chi connectivity index (χ3v) is 2.78. The van der Waals surface area contributed by atoms with Crippen LogP contribution in [0.15, 0.2) is 42.9 Å². The van der Waals surface area contributed by atoms with Crippen molar-refractivity contribution in [2.24, 2.45) is 5.73 Å². The molecule has 0 spiro atoms. The van der Waals surface area contributed by atoms with Gasteiger partial charge in [-0.05, 0) is 36.2 Å². The number of hydrogen-bond donors (Lipinski definition) is 1. The topological polar surface area (TPSA) is 55.0 Å². The summed E-state index contributed by atoms with van der Waals surface area (Å²) in [4.78, 5) is 10.7. The van der Waals surface area contributed by atoms with E-state index in [4.69, 9.17) is 5.73 Å². The van der Waals surface area contributed by atoms with E-state index in [1.807, 2.05) is 31.6 Å². The molecule has 0 saturated carbocycles. The Morgan fingerprint density at radius 1 is 1.17 bits per heavy atom. The van der Waals surface area contributed by atoms with E-state index in [2.05, 4.69) is 27.0 Å². The fourth-order valence-electron chi connectivity index (χ4n) is 1.80. The number of aromatic nitrogens is 2. The van der Waals surface area contributed by atoms with Gasteiger partial charge in [0.1, 0.15) is 5.82 Å². The minimum Gasteiger partial charge on any atom is -0.355 e. The third kappa shape index (κ3) is 3.28. The maximum absolute atomic E-state index is 5.52. The van der Waals surface area contributed by atoms with E-state index in [9.17, 15) is 0 Å². The van der Waals surface area contributed by atoms with Crippen molar-refractivity contribution in [2.45, 2.75) is 13.0 Å². The van der Waals surface area contributed by atoms with Crippen LogP contribution in [0.2, 0.25) is 0 Å². The molecule has 0 aromatic carbocycles. The normalized spacial score (nSPS) is 10.3. The highest BCUT2D eigenvalue weighted by Gasteiger charge is 2.03. The molecule has 0 unspecified atom stereocenters. The van der Waals surface area contributed by atoms with Gasteiger partial charge in [0, 0.05) is 32.2 Å². The molecule has 0 aliphatic rings. The van der Waals surface area contributed by atoms with Gasteiger partial charge < -0.3 is 10.6 Å². The van der Waals surface area contributed by atoms with Crippen molar-refractivity contribution in [1.29, 1.82) is 0 Å². The van der Waals surface area contributed by atoms with Gasteiger partial charge in [0.05, 0.1) is 0 Å². The molecular formula is C14H18N4. The zero-order valence-corrected chi connectivity index (χ0v) is 10.6. The van der Waals surface area contributed by atoms with Crippen LogP contribution < -0.4 is 10.6 Å². The Labute approximate surface area is 107 Å². The van der Waals surface area contributed by atoms with Gasteiger partial charge in [-0.1, -0.05) is 12.1 Å². The molecule has 0 saturated heterocycles. The Morgan fingerprint density at radius 2 is 2.06 bits per heavy atom. The van der Waals surface area contributed by atoms with Crippen molar-refractivity contribution in [1.82, 2.24) is 9.97 Å². The van der Waals surface area contributed by atoms with Crippen molar-refractivity contribution < 1.29 is 0 Å². The minimum atomic E-state index is 0.659. The second kappa shape index (κ2) is 6.12. The van der Waals surface area contributed by atoms with Gasteiger partial charge in [-0.15, -0.1) is 0 Å². The summed E-state index contributed by atoms with van der Waals surface area (Å²) in [6.07, 6.45) is 6.42. The first-order chi connectivity index (χ1) is 8.79. The Morgan fingerprint density at radius 3 is 2.67 bits per heavy atom. The van der Waals surface area contributed by atoms with Gasteiger partial charge >= 0.3 is 0 Å². The van der Waals surface area contributed by atoms with Crippen LogP contribution in [0.1, 0.15) is 11.1 Å². The molecular weight excluding hydrogens is 224 g/mol. The summed E-state index contributed by atoms with van der Waals surface area (Å²) in [5.41, 5.74) is 7.87. The summed E-state index contributed by atoms with van der Waals surface area (Å²) in [6, 6.07) is 8.11. The fraction of sp³-hybridized carbons (Fsp3) is 0.286. The van der Waals surface area contributed by atoms with Gasteiger partial charge in [0.2, 0.25) is 0 Å². The van der Waals surface area contributed by atoms with Crippen LogP contribution in [-0.4, -0.2) is 23.6 Å². The second-order valence-corrected chi connectivity index (χ2v) is 4.28. The van der Waals surface area contributed by atoms with E-state index in [0.29, 0.717) is 6.54 Å². The van der Waals surface area contributed by atoms with E-state index in [-0.39, 0.29) is 0 Å². The molecule has 0 fully saturated rings. The van der Waals surface area contributed by atoms with E-state index < -0.39 is 0 Å². The van der Waals surface area contributed by atoms with Crippen LogP contribution in [-0.2, 0) is 13.0 Å². The molecule has 2 N–H and O–H groups in total. The molecule has 0 atom stereocenters. The Balaban J connectivity index is 2.02. The smallest absolute Gasteiger partial charge is 0.128 e. The minimum absolute atomic E-state index is 0.659. The average Bonchev–Trinajstić information content (AvgIpc) is 2.41. The summed E-state index contributed by atoms with van der Waals surface area (Å²) in [5, 5.41) is 0. The molecule has 2 rings (SSSR count). The number of nitrogens with two attached hydrogens (primary N) is 1. The highest BCUT2D eigenvalue weighted by Crippen LogP contribution is 2.12. The van der Waals surface area contributed by atoms with Gasteiger partial charge in [-0.25, -0.2) is 4.98 Å². The molecule has 0 aliphatic carbocycles. The van der Waals surface area contributed by atoms with E-state index in [1.165, 1.54) is 11.1 Å². The summed E-state index contributed by atoms with van der Waals surface area (Å²) in [7, 11) is 2.03. The summed E-state index contributed by atoms with van der Waals surface area (Å²) < 4.78 is 0. The molecule has 0 bridgehead atoms. The lowest BCUT2D eigenvalue weighted by molar-refractivity contribution is 0.884. The lowest BCUT2D eigenvalue weighted by atomic mass is 10.2. The largest absolute Gasteiger partial charge is 0.355 e. The molecule has 94 valence electrons. The van der Waals surface area contributed by atoms with Crippen LogP contribution in [0.4, 0.5) is 5.82 Å². The lowest BCUT2D eigenvalue weighted by Gasteiger charge is -2.18. The molecule has 18 heavy (non-hydrogen) atoms. The van der Waals surface area contributed by atoms with Gasteiger partial charge in [-0.3, -0.25) is 4.98 Å². The first kappa shape index (κ1) is 12.5. The molecule has 4 nitrogen and oxygen atoms in total. The van der Waals surface area contributed by atoms with E-state index >= 15 is 0 Å². The summed E-state index contributed by atoms with van der Waals surface area (Å²) in [6.45, 7) is 1.46. The average molecular weight is 242 g/mol. The summed E-state index contributed by atoms with van der Waals surface area (Å²) >= 11 is 0. The molecule has 2 heterocycles. The predicted molar refractivity (Wildman–Crippen MR) is 73.3 cm³/mol. The Kier molecular flexibility index (Phi) is 4.25. The monoisotopic (exact) mass is 242 g/mol. The molecule has 0 radical (unpaired) electrons. The summed E-state index contributed by atoms with van der Waals surface area (Å²) in [5.74, 6) is 0.958. The maximum Gasteiger partial charge on any atom is 0.128 e. The first-order valence-electron chi connectivity index (χ1n) is 6.04. The standard InChI is InChI=1S/C14H18N4/c1-18(11-13-3-2-8-16-9-13)14-5-4-12(6-7-15)10-17-14/h2-5,8-10H,6-7,11,15H2,1H3. The lowest BCUT2D eigenvalue weighted by Crippen LogP contribution is -2.17. The highest BCUT2D eigenvalue weighted by molar-refractivity contribution is 5.39. The van der Waals surface area contributed by atoms with Crippen molar-refractivity contribution in [3.63, 3.8) is 0 Å². The van der Waals surface area contributed by atoms with Crippen LogP contribution in [0.3, 0.4) is 0 Å². The van der Waals surface area contributed by atoms with Crippen LogP contribution >= 0.6 is 0 Å². The Hall–Kier alpha value is -1.94. The molecule has 2 aromatic heterocycles. The molecule has 4 heteroatoms. The van der Waals surface area contributed by atoms with Crippen molar-refractivity contribution in [2.75, 3.05) is 18.5 Å². The van der Waals surface area contributed by atoms with Crippen molar-refractivity contribution >= 4 is 5.82 Å². The fourth-order valence-corrected chi connectivity index (χ4v) is 1.80. The number of nitrogens with zero attached hydrogens (tertiary/aromatic N) is 3. The quantitative estimate of drug-likeness (QED) is 0.865. The SMILES string of the molecule is CN(Cc1cccnc1)c1ccc(CCN)cn1. The maximum atomic E-state index is 5.52. The third-order valence-electron chi connectivity index (χ3n) is 2.78. The van der Waals surface area contributed by atoms with Crippen LogP contribution in [0, 0.1) is 0 Å². The van der Waals surface area contributed by atoms with Crippen LogP contribution in [0.25, 0.3) is 0 Å². The Bertz CT molecular complexity index is 467. The second-order valence-electron chi connectivity index (χ2n) is 4.28. The highest BCUT2D eigenvalue weighted by atomic mass is 15.2. The first-order valence-corrected chi connectivity index (χ1v) is 6.04. The number of anilines is 1. The number of hydrogen-bond acceptors (Lipinski definition) is 4. The van der Waals surface area contributed by atoms with Gasteiger partial charge in [0.25, 0.3) is 0 Å². The zero-order chi connectivity index (χ0) is 12.8. The molecule has 0 amide bonds. The number of rotatable bonds is 5. The van der Waals surface area contributed by atoms with Gasteiger partial charge in [0.15, 0.2) is 0 Å². The van der Waals surface area contributed by atoms with Gasteiger partial charge in [-0.2, -0.15) is 0 Å². The van der Waals surface area contributed by atoms with Crippen molar-refractivity contribution in [3.05, 3.63) is 54.0 Å². The number of pyridine rings is 2. The van der Waals surface area contributed by atoms with E-state index in [0.717, 1.165) is 18.8 Å². The van der Waals surface area contributed by atoms with Crippen LogP contribution in [0.5, 0.6) is 0 Å².